The van der Waals surface area contributed by atoms with Crippen molar-refractivity contribution in [1.29, 1.82) is 0 Å². The summed E-state index contributed by atoms with van der Waals surface area (Å²) in [5.41, 5.74) is 1.28. The number of β-amino-alcohol motifs (C(OH)–C–C–N with tert-alkyl or cyclic N) is 1. The fourth-order valence-electron chi connectivity index (χ4n) is 2.90. The number of aliphatic hydroxyl groups excluding tert-OH is 1. The van der Waals surface area contributed by atoms with E-state index in [1.807, 2.05) is 0 Å². The van der Waals surface area contributed by atoms with Gasteiger partial charge in [-0.05, 0) is 20.3 Å². The van der Waals surface area contributed by atoms with E-state index in [2.05, 4.69) is 29.8 Å². The topological polar surface area (TPSA) is 35.9 Å². The van der Waals surface area contributed by atoms with E-state index in [9.17, 15) is 0 Å². The number of likely N-dealkylation sites (N-methyl/N-ethyl adjacent to an activating group) is 1. The number of aliphatic hydroxyl groups is 1. The molecule has 2 rings (SSSR count). The van der Waals surface area contributed by atoms with E-state index < -0.39 is 0 Å². The molecule has 0 bridgehead atoms. The number of hydrogen-bond acceptors (Lipinski definition) is 4. The molecule has 0 aliphatic carbocycles. The highest BCUT2D eigenvalue weighted by Gasteiger charge is 2.36. The summed E-state index contributed by atoms with van der Waals surface area (Å²) in [5.74, 6) is 0. The Morgan fingerprint density at radius 1 is 1.50 bits per heavy atom. The monoisotopic (exact) mass is 226 g/mol. The molecule has 4 heteroatoms. The van der Waals surface area contributed by atoms with Crippen LogP contribution in [0.1, 0.15) is 20.3 Å². The Bertz CT molecular complexity index is 268. The van der Waals surface area contributed by atoms with Crippen molar-refractivity contribution in [2.24, 2.45) is 0 Å². The molecule has 0 spiro atoms. The van der Waals surface area contributed by atoms with E-state index in [-0.39, 0.29) is 6.61 Å². The molecular weight excluding hydrogens is 204 g/mol. The van der Waals surface area contributed by atoms with Crippen LogP contribution < -0.4 is 0 Å². The molecule has 92 valence electrons. The molecule has 4 nitrogen and oxygen atoms in total. The molecule has 1 N–H and O–H groups in total. The van der Waals surface area contributed by atoms with Gasteiger partial charge in [-0.1, -0.05) is 0 Å². The van der Waals surface area contributed by atoms with Gasteiger partial charge in [0.15, 0.2) is 0 Å². The first-order chi connectivity index (χ1) is 7.77. The van der Waals surface area contributed by atoms with Crippen molar-refractivity contribution in [1.82, 2.24) is 9.80 Å². The van der Waals surface area contributed by atoms with Gasteiger partial charge in [-0.2, -0.15) is 0 Å². The normalized spacial score (nSPS) is 30.1. The van der Waals surface area contributed by atoms with Gasteiger partial charge in [-0.15, -0.1) is 0 Å². The minimum atomic E-state index is 0.222. The predicted octanol–water partition coefficient (Wildman–Crippen LogP) is 0.635. The van der Waals surface area contributed by atoms with Gasteiger partial charge in [0.1, 0.15) is 0 Å². The fourth-order valence-corrected chi connectivity index (χ4v) is 2.90. The molecule has 0 aromatic carbocycles. The SMILES string of the molecule is CCN1C(C)=CN(CCO)[C@H]2CCOC[C@H]21. The number of fused-ring (bicyclic) bond motifs is 1. The minimum absolute atomic E-state index is 0.222. The van der Waals surface area contributed by atoms with Gasteiger partial charge in [-0.25, -0.2) is 0 Å². The average Bonchev–Trinajstić information content (AvgIpc) is 2.30. The van der Waals surface area contributed by atoms with Crippen LogP contribution in [0.2, 0.25) is 0 Å². The Balaban J connectivity index is 2.19. The van der Waals surface area contributed by atoms with Crippen molar-refractivity contribution < 1.29 is 9.84 Å². The minimum Gasteiger partial charge on any atom is -0.395 e. The summed E-state index contributed by atoms with van der Waals surface area (Å²) in [5, 5.41) is 9.10. The summed E-state index contributed by atoms with van der Waals surface area (Å²) in [6, 6.07) is 0.958. The molecule has 0 saturated carbocycles. The van der Waals surface area contributed by atoms with Crippen LogP contribution in [0.25, 0.3) is 0 Å². The third kappa shape index (κ3) is 2.04. The molecule has 1 saturated heterocycles. The van der Waals surface area contributed by atoms with E-state index in [1.165, 1.54) is 5.70 Å². The summed E-state index contributed by atoms with van der Waals surface area (Å²) < 4.78 is 5.59. The second kappa shape index (κ2) is 5.06. The summed E-state index contributed by atoms with van der Waals surface area (Å²) in [6.07, 6.45) is 3.25. The maximum atomic E-state index is 9.10. The van der Waals surface area contributed by atoms with Crippen LogP contribution in [0, 0.1) is 0 Å². The maximum absolute atomic E-state index is 9.10. The molecule has 1 fully saturated rings. The van der Waals surface area contributed by atoms with Gasteiger partial charge in [0, 0.05) is 31.6 Å². The van der Waals surface area contributed by atoms with Gasteiger partial charge in [0.25, 0.3) is 0 Å². The van der Waals surface area contributed by atoms with Crippen molar-refractivity contribution in [3.63, 3.8) is 0 Å². The van der Waals surface area contributed by atoms with Crippen LogP contribution in [0.3, 0.4) is 0 Å². The maximum Gasteiger partial charge on any atom is 0.0724 e. The van der Waals surface area contributed by atoms with Crippen molar-refractivity contribution in [3.8, 4) is 0 Å². The lowest BCUT2D eigenvalue weighted by Crippen LogP contribution is -2.58. The van der Waals surface area contributed by atoms with Crippen molar-refractivity contribution >= 4 is 0 Å². The summed E-state index contributed by atoms with van der Waals surface area (Å²) in [6.45, 7) is 7.96. The molecule has 0 radical (unpaired) electrons. The molecule has 2 atom stereocenters. The third-order valence-corrected chi connectivity index (χ3v) is 3.62. The second-order valence-electron chi connectivity index (χ2n) is 4.52. The van der Waals surface area contributed by atoms with E-state index in [1.54, 1.807) is 0 Å². The summed E-state index contributed by atoms with van der Waals surface area (Å²) in [7, 11) is 0. The predicted molar refractivity (Wildman–Crippen MR) is 62.9 cm³/mol. The van der Waals surface area contributed by atoms with Crippen molar-refractivity contribution in [2.45, 2.75) is 32.4 Å². The molecule has 0 aromatic rings. The van der Waals surface area contributed by atoms with Gasteiger partial charge < -0.3 is 19.6 Å². The highest BCUT2D eigenvalue weighted by molar-refractivity contribution is 5.09. The smallest absolute Gasteiger partial charge is 0.0724 e. The standard InChI is InChI=1S/C12H22N2O2/c1-3-14-10(2)8-13(5-6-15)11-4-7-16-9-12(11)14/h8,11-12,15H,3-7,9H2,1-2H3/t11-,12+/m0/s1. The third-order valence-electron chi connectivity index (χ3n) is 3.62. The molecule has 2 aliphatic rings. The van der Waals surface area contributed by atoms with Crippen molar-refractivity contribution in [3.05, 3.63) is 11.9 Å². The van der Waals surface area contributed by atoms with Gasteiger partial charge in [0.05, 0.1) is 25.3 Å². The molecule has 0 amide bonds. The van der Waals surface area contributed by atoms with Gasteiger partial charge >= 0.3 is 0 Å². The Morgan fingerprint density at radius 3 is 3.00 bits per heavy atom. The molecule has 2 heterocycles. The lowest BCUT2D eigenvalue weighted by molar-refractivity contribution is -0.0322. The van der Waals surface area contributed by atoms with E-state index in [0.29, 0.717) is 12.1 Å². The number of hydrogen-bond donors (Lipinski definition) is 1. The van der Waals surface area contributed by atoms with Gasteiger partial charge in [-0.3, -0.25) is 0 Å². The molecule has 16 heavy (non-hydrogen) atoms. The molecule has 2 aliphatic heterocycles. The largest absolute Gasteiger partial charge is 0.395 e. The Hall–Kier alpha value is -0.740. The molecular formula is C12H22N2O2. The fraction of sp³-hybridized carbons (Fsp3) is 0.833. The summed E-state index contributed by atoms with van der Waals surface area (Å²) >= 11 is 0. The average molecular weight is 226 g/mol. The zero-order valence-corrected chi connectivity index (χ0v) is 10.2. The van der Waals surface area contributed by atoms with E-state index >= 15 is 0 Å². The zero-order chi connectivity index (χ0) is 11.5. The first-order valence-corrected chi connectivity index (χ1v) is 6.17. The van der Waals surface area contributed by atoms with Crippen LogP contribution in [0.15, 0.2) is 11.9 Å². The molecule has 0 unspecified atom stereocenters. The van der Waals surface area contributed by atoms with E-state index in [4.69, 9.17) is 9.84 Å². The van der Waals surface area contributed by atoms with E-state index in [0.717, 1.165) is 32.7 Å². The quantitative estimate of drug-likeness (QED) is 0.766. The lowest BCUT2D eigenvalue weighted by Gasteiger charge is -2.49. The van der Waals surface area contributed by atoms with Crippen LogP contribution in [-0.4, -0.2) is 59.9 Å². The highest BCUT2D eigenvalue weighted by atomic mass is 16.5. The Kier molecular flexibility index (Phi) is 3.71. The van der Waals surface area contributed by atoms with Crippen LogP contribution in [0.5, 0.6) is 0 Å². The van der Waals surface area contributed by atoms with Crippen molar-refractivity contribution in [2.75, 3.05) is 32.9 Å². The Morgan fingerprint density at radius 2 is 2.31 bits per heavy atom. The highest BCUT2D eigenvalue weighted by Crippen LogP contribution is 2.27. The van der Waals surface area contributed by atoms with Crippen LogP contribution in [-0.2, 0) is 4.74 Å². The number of rotatable bonds is 3. The lowest BCUT2D eigenvalue weighted by atomic mass is 9.97. The number of ether oxygens (including phenoxy) is 1. The number of allylic oxidation sites excluding steroid dienone is 1. The number of nitrogens with zero attached hydrogens (tertiary/aromatic N) is 2. The summed E-state index contributed by atoms with van der Waals surface area (Å²) in [4.78, 5) is 4.70. The second-order valence-corrected chi connectivity index (χ2v) is 4.52. The first kappa shape index (κ1) is 11.7. The van der Waals surface area contributed by atoms with Crippen LogP contribution in [0.4, 0.5) is 0 Å². The zero-order valence-electron chi connectivity index (χ0n) is 10.2. The first-order valence-electron chi connectivity index (χ1n) is 6.17. The Labute approximate surface area is 97.5 Å². The van der Waals surface area contributed by atoms with Crippen LogP contribution >= 0.6 is 0 Å². The molecule has 0 aromatic heterocycles. The van der Waals surface area contributed by atoms with Gasteiger partial charge in [0.2, 0.25) is 0 Å².